The average molecular weight is 289 g/mol. The molecule has 0 aromatic heterocycles. The van der Waals surface area contributed by atoms with Gasteiger partial charge in [-0.05, 0) is 51.3 Å². The van der Waals surface area contributed by atoms with Gasteiger partial charge in [-0.15, -0.1) is 0 Å². The monoisotopic (exact) mass is 289 g/mol. The number of primary amides is 1. The molecular formula is C17H27N3O. The molecule has 2 rings (SSSR count). The Balaban J connectivity index is 1.78. The predicted octanol–water partition coefficient (Wildman–Crippen LogP) is 2.14. The Morgan fingerprint density at radius 1 is 1.24 bits per heavy atom. The Kier molecular flexibility index (Phi) is 5.01. The SMILES string of the molecule is CC(C)(C)N1CCC(NCc2ccc(C(N)=O)cc2)CC1. The van der Waals surface area contributed by atoms with Gasteiger partial charge in [0.1, 0.15) is 0 Å². The van der Waals surface area contributed by atoms with Gasteiger partial charge in [0.25, 0.3) is 0 Å². The number of likely N-dealkylation sites (tertiary alicyclic amines) is 1. The summed E-state index contributed by atoms with van der Waals surface area (Å²) < 4.78 is 0. The number of hydrogen-bond donors (Lipinski definition) is 2. The van der Waals surface area contributed by atoms with Gasteiger partial charge < -0.3 is 11.1 Å². The number of nitrogens with two attached hydrogens (primary N) is 1. The number of rotatable bonds is 4. The molecule has 4 heteroatoms. The van der Waals surface area contributed by atoms with E-state index in [4.69, 9.17) is 5.73 Å². The number of benzene rings is 1. The first kappa shape index (κ1) is 16.0. The van der Waals surface area contributed by atoms with Crippen LogP contribution < -0.4 is 11.1 Å². The molecule has 116 valence electrons. The average Bonchev–Trinajstić information content (AvgIpc) is 2.45. The van der Waals surface area contributed by atoms with Gasteiger partial charge >= 0.3 is 0 Å². The van der Waals surface area contributed by atoms with Crippen LogP contribution in [0.4, 0.5) is 0 Å². The summed E-state index contributed by atoms with van der Waals surface area (Å²) in [5, 5.41) is 3.62. The van der Waals surface area contributed by atoms with E-state index >= 15 is 0 Å². The third kappa shape index (κ3) is 4.55. The maximum absolute atomic E-state index is 11.0. The lowest BCUT2D eigenvalue weighted by Crippen LogP contribution is -2.49. The first-order chi connectivity index (χ1) is 9.86. The lowest BCUT2D eigenvalue weighted by Gasteiger charge is -2.41. The number of nitrogens with zero attached hydrogens (tertiary/aromatic N) is 1. The lowest BCUT2D eigenvalue weighted by atomic mass is 9.98. The maximum Gasteiger partial charge on any atom is 0.248 e. The molecule has 0 unspecified atom stereocenters. The van der Waals surface area contributed by atoms with Gasteiger partial charge in [0, 0.05) is 36.8 Å². The minimum Gasteiger partial charge on any atom is -0.366 e. The molecule has 0 saturated carbocycles. The highest BCUT2D eigenvalue weighted by molar-refractivity contribution is 5.92. The van der Waals surface area contributed by atoms with Gasteiger partial charge in [-0.1, -0.05) is 12.1 Å². The van der Waals surface area contributed by atoms with E-state index in [1.807, 2.05) is 12.1 Å². The van der Waals surface area contributed by atoms with E-state index in [-0.39, 0.29) is 11.4 Å². The van der Waals surface area contributed by atoms with Gasteiger partial charge in [0.05, 0.1) is 0 Å². The minimum absolute atomic E-state index is 0.273. The summed E-state index contributed by atoms with van der Waals surface area (Å²) in [6, 6.07) is 8.11. The third-order valence-electron chi connectivity index (χ3n) is 4.28. The number of hydrogen-bond acceptors (Lipinski definition) is 3. The molecule has 1 aliphatic rings. The van der Waals surface area contributed by atoms with Crippen LogP contribution in [0.25, 0.3) is 0 Å². The molecular weight excluding hydrogens is 262 g/mol. The van der Waals surface area contributed by atoms with E-state index in [9.17, 15) is 4.79 Å². The van der Waals surface area contributed by atoms with Crippen molar-refractivity contribution in [1.29, 1.82) is 0 Å². The maximum atomic E-state index is 11.0. The Hall–Kier alpha value is -1.39. The van der Waals surface area contributed by atoms with Crippen molar-refractivity contribution in [1.82, 2.24) is 10.2 Å². The molecule has 1 aromatic carbocycles. The van der Waals surface area contributed by atoms with Crippen LogP contribution in [0, 0.1) is 0 Å². The molecule has 1 heterocycles. The molecule has 1 saturated heterocycles. The molecule has 3 N–H and O–H groups in total. The largest absolute Gasteiger partial charge is 0.366 e. The zero-order chi connectivity index (χ0) is 15.5. The summed E-state index contributed by atoms with van der Waals surface area (Å²) in [7, 11) is 0. The summed E-state index contributed by atoms with van der Waals surface area (Å²) in [5.41, 5.74) is 7.28. The molecule has 1 fully saturated rings. The molecule has 0 atom stereocenters. The van der Waals surface area contributed by atoms with Crippen LogP contribution in [0.5, 0.6) is 0 Å². The first-order valence-corrected chi connectivity index (χ1v) is 7.73. The number of amides is 1. The second-order valence-electron chi connectivity index (χ2n) is 6.87. The fraction of sp³-hybridized carbons (Fsp3) is 0.588. The molecule has 0 spiro atoms. The molecule has 0 bridgehead atoms. The van der Waals surface area contributed by atoms with Crippen molar-refractivity contribution in [2.45, 2.75) is 51.7 Å². The van der Waals surface area contributed by atoms with Crippen molar-refractivity contribution in [3.63, 3.8) is 0 Å². The van der Waals surface area contributed by atoms with Gasteiger partial charge in [0.15, 0.2) is 0 Å². The van der Waals surface area contributed by atoms with E-state index in [0.717, 1.165) is 19.6 Å². The molecule has 1 aliphatic heterocycles. The summed E-state index contributed by atoms with van der Waals surface area (Å²) in [6.07, 6.45) is 2.38. The van der Waals surface area contributed by atoms with E-state index in [1.54, 1.807) is 12.1 Å². The van der Waals surface area contributed by atoms with Crippen LogP contribution in [0.3, 0.4) is 0 Å². The van der Waals surface area contributed by atoms with E-state index in [1.165, 1.54) is 18.4 Å². The van der Waals surface area contributed by atoms with Crippen molar-refractivity contribution in [2.75, 3.05) is 13.1 Å². The zero-order valence-electron chi connectivity index (χ0n) is 13.4. The van der Waals surface area contributed by atoms with Crippen molar-refractivity contribution < 1.29 is 4.79 Å². The lowest BCUT2D eigenvalue weighted by molar-refractivity contribution is 0.0959. The van der Waals surface area contributed by atoms with Crippen LogP contribution in [0.15, 0.2) is 24.3 Å². The Morgan fingerprint density at radius 2 is 1.81 bits per heavy atom. The van der Waals surface area contributed by atoms with E-state index < -0.39 is 0 Å². The van der Waals surface area contributed by atoms with Crippen molar-refractivity contribution in [2.24, 2.45) is 5.73 Å². The fourth-order valence-corrected chi connectivity index (χ4v) is 2.80. The Labute approximate surface area is 127 Å². The number of nitrogens with one attached hydrogen (secondary N) is 1. The minimum atomic E-state index is -0.371. The quantitative estimate of drug-likeness (QED) is 0.893. The smallest absolute Gasteiger partial charge is 0.248 e. The standard InChI is InChI=1S/C17H27N3O/c1-17(2,3)20-10-8-15(9-11-20)19-12-13-4-6-14(7-5-13)16(18)21/h4-7,15,19H,8-12H2,1-3H3,(H2,18,21). The van der Waals surface area contributed by atoms with Crippen LogP contribution in [0.2, 0.25) is 0 Å². The van der Waals surface area contributed by atoms with Crippen LogP contribution in [-0.4, -0.2) is 35.5 Å². The fourth-order valence-electron chi connectivity index (χ4n) is 2.80. The van der Waals surface area contributed by atoms with Crippen LogP contribution >= 0.6 is 0 Å². The highest BCUT2D eigenvalue weighted by Gasteiger charge is 2.26. The van der Waals surface area contributed by atoms with Crippen LogP contribution in [-0.2, 0) is 6.54 Å². The summed E-state index contributed by atoms with van der Waals surface area (Å²) in [6.45, 7) is 9.99. The number of carbonyl (C=O) groups excluding carboxylic acids is 1. The Morgan fingerprint density at radius 3 is 2.29 bits per heavy atom. The van der Waals surface area contributed by atoms with Crippen molar-refractivity contribution in [3.05, 3.63) is 35.4 Å². The molecule has 0 aliphatic carbocycles. The molecule has 1 aromatic rings. The second-order valence-corrected chi connectivity index (χ2v) is 6.87. The van der Waals surface area contributed by atoms with Crippen molar-refractivity contribution >= 4 is 5.91 Å². The number of piperidine rings is 1. The highest BCUT2D eigenvalue weighted by Crippen LogP contribution is 2.20. The van der Waals surface area contributed by atoms with Crippen LogP contribution in [0.1, 0.15) is 49.5 Å². The van der Waals surface area contributed by atoms with Gasteiger partial charge in [-0.2, -0.15) is 0 Å². The number of carbonyl (C=O) groups is 1. The van der Waals surface area contributed by atoms with Gasteiger partial charge in [0.2, 0.25) is 5.91 Å². The highest BCUT2D eigenvalue weighted by atomic mass is 16.1. The topological polar surface area (TPSA) is 58.4 Å². The third-order valence-corrected chi connectivity index (χ3v) is 4.28. The van der Waals surface area contributed by atoms with E-state index in [0.29, 0.717) is 11.6 Å². The van der Waals surface area contributed by atoms with E-state index in [2.05, 4.69) is 31.0 Å². The second kappa shape index (κ2) is 6.58. The van der Waals surface area contributed by atoms with Gasteiger partial charge in [-0.25, -0.2) is 0 Å². The molecule has 0 radical (unpaired) electrons. The molecule has 4 nitrogen and oxygen atoms in total. The Bertz CT molecular complexity index is 468. The molecule has 1 amide bonds. The molecule has 21 heavy (non-hydrogen) atoms. The summed E-state index contributed by atoms with van der Waals surface area (Å²) >= 11 is 0. The first-order valence-electron chi connectivity index (χ1n) is 7.73. The summed E-state index contributed by atoms with van der Waals surface area (Å²) in [4.78, 5) is 13.6. The normalized spacial score (nSPS) is 17.9. The van der Waals surface area contributed by atoms with Crippen molar-refractivity contribution in [3.8, 4) is 0 Å². The predicted molar refractivity (Wildman–Crippen MR) is 86.1 cm³/mol. The summed E-state index contributed by atoms with van der Waals surface area (Å²) in [5.74, 6) is -0.371. The zero-order valence-corrected chi connectivity index (χ0v) is 13.4. The van der Waals surface area contributed by atoms with Gasteiger partial charge in [-0.3, -0.25) is 9.69 Å².